The summed E-state index contributed by atoms with van der Waals surface area (Å²) in [6.45, 7) is 0.798. The van der Waals surface area contributed by atoms with Crippen molar-refractivity contribution < 1.29 is 24.1 Å². The summed E-state index contributed by atoms with van der Waals surface area (Å²) in [5.74, 6) is -1.88. The molecule has 4 N–H and O–H groups in total. The summed E-state index contributed by atoms with van der Waals surface area (Å²) in [7, 11) is -1.73. The van der Waals surface area contributed by atoms with Crippen LogP contribution in [0.5, 0.6) is 5.75 Å². The lowest BCUT2D eigenvalue weighted by atomic mass is 10.2. The highest BCUT2D eigenvalue weighted by Crippen LogP contribution is 2.52. The number of hydrogen-bond donors (Lipinski definition) is 4. The number of aromatic carboxylic acids is 1. The third kappa shape index (κ3) is 2.45. The van der Waals surface area contributed by atoms with Crippen LogP contribution in [0.2, 0.25) is 0 Å². The summed E-state index contributed by atoms with van der Waals surface area (Å²) in [6, 6.07) is 3.20. The Morgan fingerprint density at radius 3 is 2.78 bits per heavy atom. The van der Waals surface area contributed by atoms with Crippen LogP contribution in [-0.4, -0.2) is 59.7 Å². The zero-order chi connectivity index (χ0) is 16.8. The normalized spacial score (nSPS) is 19.7. The Hall–Kier alpha value is -2.14. The second kappa shape index (κ2) is 5.49. The highest BCUT2D eigenvalue weighted by molar-refractivity contribution is 8.23. The van der Waals surface area contributed by atoms with E-state index in [4.69, 9.17) is 0 Å². The fourth-order valence-electron chi connectivity index (χ4n) is 2.52. The minimum atomic E-state index is -3.30. The van der Waals surface area contributed by atoms with E-state index in [1.54, 1.807) is 19.2 Å². The molecule has 0 unspecified atom stereocenters. The van der Waals surface area contributed by atoms with Crippen LogP contribution < -0.4 is 4.31 Å². The molecular weight excluding hydrogens is 324 g/mol. The number of carbonyl (C=O) groups is 1. The van der Waals surface area contributed by atoms with Gasteiger partial charge in [-0.3, -0.25) is 14.1 Å². The van der Waals surface area contributed by atoms with Crippen molar-refractivity contribution in [2.45, 2.75) is 6.42 Å². The molecule has 10 heteroatoms. The number of hydrogen-bond acceptors (Lipinski definition) is 8. The van der Waals surface area contributed by atoms with E-state index in [2.05, 4.69) is 9.97 Å². The Morgan fingerprint density at radius 1 is 1.35 bits per heavy atom. The molecule has 23 heavy (non-hydrogen) atoms. The molecule has 1 aliphatic heterocycles. The number of fused-ring (bicyclic) bond motifs is 1. The predicted molar refractivity (Wildman–Crippen MR) is 85.6 cm³/mol. The molecule has 3 rings (SSSR count). The molecule has 1 saturated heterocycles. The summed E-state index contributed by atoms with van der Waals surface area (Å²) in [6.07, 6.45) is 2.07. The second-order valence-corrected chi connectivity index (χ2v) is 7.18. The largest absolute Gasteiger partial charge is 0.504 e. The van der Waals surface area contributed by atoms with E-state index in [-0.39, 0.29) is 11.3 Å². The van der Waals surface area contributed by atoms with Crippen LogP contribution in [0.1, 0.15) is 16.9 Å². The van der Waals surface area contributed by atoms with Crippen molar-refractivity contribution in [2.75, 3.05) is 24.4 Å². The predicted octanol–water partition coefficient (Wildman–Crippen LogP) is 1.76. The molecular formula is C13H16N4O5S. The smallest absolute Gasteiger partial charge is 0.358 e. The van der Waals surface area contributed by atoms with Gasteiger partial charge >= 0.3 is 5.97 Å². The van der Waals surface area contributed by atoms with E-state index in [1.807, 2.05) is 0 Å². The first-order valence-electron chi connectivity index (χ1n) is 6.82. The van der Waals surface area contributed by atoms with Crippen molar-refractivity contribution in [3.63, 3.8) is 0 Å². The topological polar surface area (TPSA) is 130 Å². The Labute approximate surface area is 133 Å². The van der Waals surface area contributed by atoms with Gasteiger partial charge in [-0.15, -0.1) is 0 Å². The standard InChI is InChI=1S/C13H16N4O5S/c1-16-6-3-7-17(23(16,21)22)12-8-4-2-5-14-9(8)11(18)10(15-12)13(19)20/h2,4-5,18,21-22H,3,6-7H2,1H3,(H,19,20). The van der Waals surface area contributed by atoms with Gasteiger partial charge in [0.25, 0.3) is 0 Å². The van der Waals surface area contributed by atoms with Gasteiger partial charge in [-0.1, -0.05) is 0 Å². The van der Waals surface area contributed by atoms with Gasteiger partial charge < -0.3 is 10.2 Å². The third-order valence-electron chi connectivity index (χ3n) is 3.70. The Morgan fingerprint density at radius 2 is 2.09 bits per heavy atom. The summed E-state index contributed by atoms with van der Waals surface area (Å²) >= 11 is 0. The van der Waals surface area contributed by atoms with E-state index in [9.17, 15) is 24.1 Å². The highest BCUT2D eigenvalue weighted by atomic mass is 32.3. The van der Waals surface area contributed by atoms with Crippen molar-refractivity contribution in [1.82, 2.24) is 14.3 Å². The molecule has 0 radical (unpaired) electrons. The SMILES string of the molecule is CN1CCCN(c2nc(C(=O)O)c(O)c3ncccc23)S1(O)O. The molecule has 0 aromatic carbocycles. The van der Waals surface area contributed by atoms with Crippen molar-refractivity contribution >= 4 is 33.7 Å². The minimum absolute atomic E-state index is 0.0540. The monoisotopic (exact) mass is 340 g/mol. The average Bonchev–Trinajstić information content (AvgIpc) is 2.51. The van der Waals surface area contributed by atoms with E-state index < -0.39 is 28.4 Å². The molecule has 0 saturated carbocycles. The Bertz CT molecular complexity index is 784. The third-order valence-corrected chi connectivity index (χ3v) is 5.67. The highest BCUT2D eigenvalue weighted by Gasteiger charge is 2.35. The molecule has 1 aliphatic rings. The molecule has 1 fully saturated rings. The van der Waals surface area contributed by atoms with Crippen molar-refractivity contribution in [1.29, 1.82) is 0 Å². The summed E-state index contributed by atoms with van der Waals surface area (Å²) in [4.78, 5) is 19.3. The first kappa shape index (κ1) is 15.7. The van der Waals surface area contributed by atoms with Crippen molar-refractivity contribution in [2.24, 2.45) is 0 Å². The molecule has 0 aliphatic carbocycles. The van der Waals surface area contributed by atoms with E-state index in [1.165, 1.54) is 14.8 Å². The molecule has 2 aromatic rings. The van der Waals surface area contributed by atoms with Crippen molar-refractivity contribution in [3.8, 4) is 5.75 Å². The van der Waals surface area contributed by atoms with Crippen LogP contribution in [0.4, 0.5) is 5.82 Å². The first-order chi connectivity index (χ1) is 10.8. The molecule has 9 nitrogen and oxygen atoms in total. The minimum Gasteiger partial charge on any atom is -0.504 e. The Kier molecular flexibility index (Phi) is 3.76. The first-order valence-corrected chi connectivity index (χ1v) is 8.28. The fourth-order valence-corrected chi connectivity index (χ4v) is 3.97. The number of aromatic hydroxyl groups is 1. The molecule has 0 amide bonds. The molecule has 2 aromatic heterocycles. The van der Waals surface area contributed by atoms with Gasteiger partial charge in [0.15, 0.2) is 17.3 Å². The van der Waals surface area contributed by atoms with Crippen LogP contribution >= 0.6 is 11.0 Å². The van der Waals surface area contributed by atoms with Gasteiger partial charge in [-0.2, -0.15) is 4.31 Å². The zero-order valence-electron chi connectivity index (χ0n) is 12.2. The number of anilines is 1. The van der Waals surface area contributed by atoms with Crippen LogP contribution in [0.15, 0.2) is 18.3 Å². The summed E-state index contributed by atoms with van der Waals surface area (Å²) in [5.41, 5.74) is -0.520. The number of carboxylic acids is 1. The maximum atomic E-state index is 11.3. The summed E-state index contributed by atoms with van der Waals surface area (Å²) in [5, 5.41) is 19.7. The number of carboxylic acid groups (broad SMARTS) is 1. The van der Waals surface area contributed by atoms with Crippen LogP contribution in [0, 0.1) is 0 Å². The number of nitrogens with zero attached hydrogens (tertiary/aromatic N) is 4. The number of pyridine rings is 2. The molecule has 0 bridgehead atoms. The lowest BCUT2D eigenvalue weighted by molar-refractivity contribution is 0.0687. The lowest BCUT2D eigenvalue weighted by Crippen LogP contribution is -2.44. The van der Waals surface area contributed by atoms with E-state index >= 15 is 0 Å². The maximum Gasteiger partial charge on any atom is 0.358 e. The van der Waals surface area contributed by atoms with E-state index in [0.29, 0.717) is 24.9 Å². The van der Waals surface area contributed by atoms with Gasteiger partial charge in [0, 0.05) is 31.7 Å². The van der Waals surface area contributed by atoms with Crippen LogP contribution in [0.3, 0.4) is 0 Å². The summed E-state index contributed by atoms with van der Waals surface area (Å²) < 4.78 is 23.5. The molecule has 0 spiro atoms. The molecule has 124 valence electrons. The number of rotatable bonds is 2. The number of aromatic nitrogens is 2. The average molecular weight is 340 g/mol. The van der Waals surface area contributed by atoms with Gasteiger partial charge in [0.2, 0.25) is 0 Å². The van der Waals surface area contributed by atoms with Gasteiger partial charge in [0.05, 0.1) is 0 Å². The Balaban J connectivity index is 2.28. The van der Waals surface area contributed by atoms with Gasteiger partial charge in [-0.25, -0.2) is 14.1 Å². The molecule has 0 atom stereocenters. The quantitative estimate of drug-likeness (QED) is 0.646. The maximum absolute atomic E-state index is 11.3. The van der Waals surface area contributed by atoms with Crippen LogP contribution in [0.25, 0.3) is 10.9 Å². The van der Waals surface area contributed by atoms with Crippen molar-refractivity contribution in [3.05, 3.63) is 24.0 Å². The lowest BCUT2D eigenvalue weighted by Gasteiger charge is -2.51. The molecule has 3 heterocycles. The zero-order valence-corrected chi connectivity index (χ0v) is 13.1. The van der Waals surface area contributed by atoms with Gasteiger partial charge in [-0.05, 0) is 29.5 Å². The van der Waals surface area contributed by atoms with Crippen LogP contribution in [-0.2, 0) is 0 Å². The second-order valence-electron chi connectivity index (χ2n) is 5.13. The fraction of sp³-hybridized carbons (Fsp3) is 0.308. The van der Waals surface area contributed by atoms with E-state index in [0.717, 1.165) is 0 Å². The van der Waals surface area contributed by atoms with Gasteiger partial charge in [0.1, 0.15) is 5.52 Å².